The summed E-state index contributed by atoms with van der Waals surface area (Å²) in [6.45, 7) is 9.36. The highest BCUT2D eigenvalue weighted by Gasteiger charge is 2.35. The van der Waals surface area contributed by atoms with E-state index < -0.39 is 0 Å². The summed E-state index contributed by atoms with van der Waals surface area (Å²) < 4.78 is 16.9. The monoisotopic (exact) mass is 301 g/mol. The molecule has 1 aliphatic rings. The minimum absolute atomic E-state index is 0.0393. The standard InChI is InChI=1S/C17H35NO3/c1-4-16-7-9-17(10-8-16,15-18-5-2)21-14-13-20-12-6-11-19-3/h16,18H,4-15H2,1-3H3. The fourth-order valence-corrected chi connectivity index (χ4v) is 3.06. The zero-order chi connectivity index (χ0) is 15.4. The molecule has 0 unspecified atom stereocenters. The highest BCUT2D eigenvalue weighted by Crippen LogP contribution is 2.35. The molecule has 4 heteroatoms. The van der Waals surface area contributed by atoms with Crippen LogP contribution in [0.4, 0.5) is 0 Å². The second-order valence-electron chi connectivity index (χ2n) is 6.12. The van der Waals surface area contributed by atoms with E-state index in [0.717, 1.165) is 38.6 Å². The van der Waals surface area contributed by atoms with E-state index >= 15 is 0 Å². The molecule has 1 fully saturated rings. The molecule has 0 aromatic carbocycles. The molecule has 0 aromatic heterocycles. The lowest BCUT2D eigenvalue weighted by Crippen LogP contribution is -2.46. The van der Waals surface area contributed by atoms with Gasteiger partial charge in [0.25, 0.3) is 0 Å². The lowest BCUT2D eigenvalue weighted by Gasteiger charge is -2.40. The van der Waals surface area contributed by atoms with E-state index in [4.69, 9.17) is 14.2 Å². The highest BCUT2D eigenvalue weighted by molar-refractivity contribution is 4.89. The largest absolute Gasteiger partial charge is 0.385 e. The summed E-state index contributed by atoms with van der Waals surface area (Å²) in [4.78, 5) is 0. The molecule has 0 amide bonds. The van der Waals surface area contributed by atoms with E-state index in [9.17, 15) is 0 Å². The minimum atomic E-state index is 0.0393. The summed E-state index contributed by atoms with van der Waals surface area (Å²) in [6, 6.07) is 0. The first kappa shape index (κ1) is 18.9. The van der Waals surface area contributed by atoms with Crippen molar-refractivity contribution < 1.29 is 14.2 Å². The molecular formula is C17H35NO3. The molecule has 0 heterocycles. The van der Waals surface area contributed by atoms with E-state index in [1.807, 2.05) is 0 Å². The van der Waals surface area contributed by atoms with Crippen LogP contribution in [-0.2, 0) is 14.2 Å². The van der Waals surface area contributed by atoms with Crippen LogP contribution in [-0.4, -0.2) is 52.2 Å². The molecule has 4 nitrogen and oxygen atoms in total. The summed E-state index contributed by atoms with van der Waals surface area (Å²) in [5.41, 5.74) is 0.0393. The maximum Gasteiger partial charge on any atom is 0.0807 e. The van der Waals surface area contributed by atoms with Gasteiger partial charge in [0.05, 0.1) is 18.8 Å². The van der Waals surface area contributed by atoms with Gasteiger partial charge in [-0.15, -0.1) is 0 Å². The number of hydrogen-bond donors (Lipinski definition) is 1. The molecule has 0 spiro atoms. The molecule has 0 aliphatic heterocycles. The van der Waals surface area contributed by atoms with Gasteiger partial charge in [0, 0.05) is 26.9 Å². The normalized spacial score (nSPS) is 26.1. The Kier molecular flexibility index (Phi) is 10.3. The summed E-state index contributed by atoms with van der Waals surface area (Å²) >= 11 is 0. The molecule has 0 aromatic rings. The Morgan fingerprint density at radius 2 is 1.81 bits per heavy atom. The Morgan fingerprint density at radius 3 is 2.43 bits per heavy atom. The topological polar surface area (TPSA) is 39.7 Å². The van der Waals surface area contributed by atoms with Crippen LogP contribution < -0.4 is 5.32 Å². The van der Waals surface area contributed by atoms with Crippen molar-refractivity contribution in [2.75, 3.05) is 46.6 Å². The van der Waals surface area contributed by atoms with Crippen LogP contribution in [0.1, 0.15) is 52.4 Å². The quantitative estimate of drug-likeness (QED) is 0.563. The maximum atomic E-state index is 6.25. The SMILES string of the molecule is CCNCC1(OCCOCCCOC)CCC(CC)CC1. The molecule has 1 rings (SSSR count). The fraction of sp³-hybridized carbons (Fsp3) is 1.00. The van der Waals surface area contributed by atoms with E-state index in [0.29, 0.717) is 13.2 Å². The third kappa shape index (κ3) is 7.59. The molecule has 126 valence electrons. The predicted molar refractivity (Wildman–Crippen MR) is 86.8 cm³/mol. The van der Waals surface area contributed by atoms with Gasteiger partial charge < -0.3 is 19.5 Å². The zero-order valence-corrected chi connectivity index (χ0v) is 14.3. The number of hydrogen-bond acceptors (Lipinski definition) is 4. The number of likely N-dealkylation sites (N-methyl/N-ethyl adjacent to an activating group) is 1. The highest BCUT2D eigenvalue weighted by atomic mass is 16.5. The first-order chi connectivity index (χ1) is 10.3. The van der Waals surface area contributed by atoms with Crippen molar-refractivity contribution in [1.29, 1.82) is 0 Å². The average molecular weight is 301 g/mol. The number of rotatable bonds is 12. The van der Waals surface area contributed by atoms with Crippen molar-refractivity contribution in [2.24, 2.45) is 5.92 Å². The molecule has 0 bridgehead atoms. The van der Waals surface area contributed by atoms with Gasteiger partial charge in [0.1, 0.15) is 0 Å². The predicted octanol–water partition coefficient (Wildman–Crippen LogP) is 3.00. The number of ether oxygens (including phenoxy) is 3. The van der Waals surface area contributed by atoms with Crippen molar-refractivity contribution in [2.45, 2.75) is 58.0 Å². The molecule has 21 heavy (non-hydrogen) atoms. The van der Waals surface area contributed by atoms with E-state index in [-0.39, 0.29) is 5.60 Å². The molecule has 1 aliphatic carbocycles. The summed E-state index contributed by atoms with van der Waals surface area (Å²) in [5.74, 6) is 0.897. The lowest BCUT2D eigenvalue weighted by molar-refractivity contribution is -0.0930. The fourth-order valence-electron chi connectivity index (χ4n) is 3.06. The van der Waals surface area contributed by atoms with Crippen LogP contribution in [0.5, 0.6) is 0 Å². The van der Waals surface area contributed by atoms with Gasteiger partial charge in [-0.25, -0.2) is 0 Å². The second-order valence-corrected chi connectivity index (χ2v) is 6.12. The van der Waals surface area contributed by atoms with Crippen LogP contribution in [0.25, 0.3) is 0 Å². The Labute approximate surface area is 130 Å². The zero-order valence-electron chi connectivity index (χ0n) is 14.3. The molecular weight excluding hydrogens is 266 g/mol. The second kappa shape index (κ2) is 11.4. The van der Waals surface area contributed by atoms with Crippen LogP contribution in [0.15, 0.2) is 0 Å². The van der Waals surface area contributed by atoms with Crippen molar-refractivity contribution in [1.82, 2.24) is 5.32 Å². The summed E-state index contributed by atoms with van der Waals surface area (Å²) in [5, 5.41) is 3.48. The van der Waals surface area contributed by atoms with Crippen molar-refractivity contribution in [3.05, 3.63) is 0 Å². The molecule has 0 radical (unpaired) electrons. The number of methoxy groups -OCH3 is 1. The molecule has 1 saturated carbocycles. The first-order valence-electron chi connectivity index (χ1n) is 8.67. The van der Waals surface area contributed by atoms with Gasteiger partial charge in [-0.2, -0.15) is 0 Å². The average Bonchev–Trinajstić information content (AvgIpc) is 2.53. The smallest absolute Gasteiger partial charge is 0.0807 e. The van der Waals surface area contributed by atoms with Crippen molar-refractivity contribution in [3.8, 4) is 0 Å². The van der Waals surface area contributed by atoms with Gasteiger partial charge in [0.2, 0.25) is 0 Å². The van der Waals surface area contributed by atoms with E-state index in [1.165, 1.54) is 32.1 Å². The summed E-state index contributed by atoms with van der Waals surface area (Å²) in [7, 11) is 1.72. The third-order valence-electron chi connectivity index (χ3n) is 4.56. The Hall–Kier alpha value is -0.160. The van der Waals surface area contributed by atoms with E-state index in [1.54, 1.807) is 7.11 Å². The third-order valence-corrected chi connectivity index (χ3v) is 4.56. The van der Waals surface area contributed by atoms with Crippen molar-refractivity contribution >= 4 is 0 Å². The Morgan fingerprint density at radius 1 is 1.05 bits per heavy atom. The van der Waals surface area contributed by atoms with Crippen LogP contribution in [0.3, 0.4) is 0 Å². The van der Waals surface area contributed by atoms with E-state index in [2.05, 4.69) is 19.2 Å². The molecule has 0 atom stereocenters. The molecule has 0 saturated heterocycles. The van der Waals surface area contributed by atoms with Crippen molar-refractivity contribution in [3.63, 3.8) is 0 Å². The Balaban J connectivity index is 2.23. The van der Waals surface area contributed by atoms with Crippen LogP contribution >= 0.6 is 0 Å². The minimum Gasteiger partial charge on any atom is -0.385 e. The van der Waals surface area contributed by atoms with Gasteiger partial charge in [0.15, 0.2) is 0 Å². The maximum absolute atomic E-state index is 6.25. The number of nitrogens with one attached hydrogen (secondary N) is 1. The van der Waals surface area contributed by atoms with Gasteiger partial charge >= 0.3 is 0 Å². The first-order valence-corrected chi connectivity index (χ1v) is 8.67. The lowest BCUT2D eigenvalue weighted by atomic mass is 9.77. The van der Waals surface area contributed by atoms with Gasteiger partial charge in [-0.1, -0.05) is 20.3 Å². The Bertz CT molecular complexity index is 240. The van der Waals surface area contributed by atoms with Gasteiger partial charge in [-0.3, -0.25) is 0 Å². The van der Waals surface area contributed by atoms with Crippen LogP contribution in [0.2, 0.25) is 0 Å². The molecule has 1 N–H and O–H groups in total. The summed E-state index contributed by atoms with van der Waals surface area (Å²) in [6.07, 6.45) is 7.23. The van der Waals surface area contributed by atoms with Crippen LogP contribution in [0, 0.1) is 5.92 Å². The van der Waals surface area contributed by atoms with Gasteiger partial charge in [-0.05, 0) is 44.6 Å².